The third-order valence-corrected chi connectivity index (χ3v) is 4.32. The van der Waals surface area contributed by atoms with Crippen molar-refractivity contribution in [2.75, 3.05) is 7.05 Å². The van der Waals surface area contributed by atoms with Gasteiger partial charge >= 0.3 is 6.61 Å². The van der Waals surface area contributed by atoms with E-state index in [2.05, 4.69) is 9.84 Å². The van der Waals surface area contributed by atoms with Crippen molar-refractivity contribution < 1.29 is 13.5 Å². The summed E-state index contributed by atoms with van der Waals surface area (Å²) in [5.41, 5.74) is 3.44. The van der Waals surface area contributed by atoms with E-state index in [4.69, 9.17) is 0 Å². The maximum Gasteiger partial charge on any atom is 0.347 e. The Hall–Kier alpha value is -2.80. The summed E-state index contributed by atoms with van der Waals surface area (Å²) in [7, 11) is 1.64. The fourth-order valence-corrected chi connectivity index (χ4v) is 2.81. The van der Waals surface area contributed by atoms with Gasteiger partial charge in [-0.05, 0) is 31.1 Å². The van der Waals surface area contributed by atoms with Gasteiger partial charge in [0.15, 0.2) is 6.23 Å². The molecule has 1 atom stereocenters. The van der Waals surface area contributed by atoms with Crippen molar-refractivity contribution in [2.45, 2.75) is 32.7 Å². The summed E-state index contributed by atoms with van der Waals surface area (Å²) in [5, 5.41) is 4.42. The molecule has 27 heavy (non-hydrogen) atoms. The number of hydrogen-bond acceptors (Lipinski definition) is 4. The van der Waals surface area contributed by atoms with Crippen LogP contribution in [-0.2, 0) is 17.7 Å². The first-order valence-electron chi connectivity index (χ1n) is 8.62. The molecule has 0 N–H and O–H groups in total. The van der Waals surface area contributed by atoms with Gasteiger partial charge in [-0.3, -0.25) is 9.53 Å². The molecule has 0 amide bonds. The third-order valence-electron chi connectivity index (χ3n) is 4.32. The summed E-state index contributed by atoms with van der Waals surface area (Å²) >= 11 is 0. The molecular weight excluding hydrogens is 352 g/mol. The fraction of sp³-hybridized carbons (Fsp3) is 0.300. The number of likely N-dealkylation sites (N-methyl/N-ethyl adjacent to an activating group) is 1. The molecule has 0 saturated carbocycles. The van der Waals surface area contributed by atoms with Crippen molar-refractivity contribution in [2.24, 2.45) is 0 Å². The molecule has 0 saturated heterocycles. The molecule has 2 heterocycles. The number of alkyl halides is 2. The Morgan fingerprint density at radius 1 is 1.19 bits per heavy atom. The highest BCUT2D eigenvalue weighted by atomic mass is 19.3. The minimum Gasteiger partial charge on any atom is -0.351 e. The Morgan fingerprint density at radius 2 is 1.93 bits per heavy atom. The predicted molar refractivity (Wildman–Crippen MR) is 99.1 cm³/mol. The number of nitrogens with zero attached hydrogens (tertiary/aromatic N) is 3. The van der Waals surface area contributed by atoms with Gasteiger partial charge in [-0.25, -0.2) is 4.68 Å². The van der Waals surface area contributed by atoms with E-state index >= 15 is 0 Å². The van der Waals surface area contributed by atoms with Crippen molar-refractivity contribution in [1.82, 2.24) is 14.7 Å². The van der Waals surface area contributed by atoms with Crippen LogP contribution in [0.4, 0.5) is 8.78 Å². The summed E-state index contributed by atoms with van der Waals surface area (Å²) in [6.07, 6.45) is 4.73. The molecule has 7 heteroatoms. The highest BCUT2D eigenvalue weighted by molar-refractivity contribution is 5.72. The minimum absolute atomic E-state index is 0.182. The number of rotatable bonds is 6. The van der Waals surface area contributed by atoms with E-state index in [9.17, 15) is 13.6 Å². The van der Waals surface area contributed by atoms with Gasteiger partial charge in [-0.2, -0.15) is 13.9 Å². The molecule has 5 nitrogen and oxygen atoms in total. The molecule has 0 spiro atoms. The van der Waals surface area contributed by atoms with Gasteiger partial charge < -0.3 is 4.90 Å². The number of aromatic nitrogens is 2. The molecule has 1 unspecified atom stereocenters. The zero-order chi connectivity index (χ0) is 19.4. The zero-order valence-corrected chi connectivity index (χ0v) is 15.2. The van der Waals surface area contributed by atoms with Gasteiger partial charge in [-0.15, -0.1) is 0 Å². The van der Waals surface area contributed by atoms with Crippen molar-refractivity contribution in [3.05, 3.63) is 81.9 Å². The van der Waals surface area contributed by atoms with Gasteiger partial charge in [0.25, 0.3) is 5.56 Å². The van der Waals surface area contributed by atoms with E-state index in [1.54, 1.807) is 25.4 Å². The van der Waals surface area contributed by atoms with Gasteiger partial charge in [0.2, 0.25) is 0 Å². The molecule has 1 aliphatic heterocycles. The summed E-state index contributed by atoms with van der Waals surface area (Å²) in [5.74, 6) is 0. The van der Waals surface area contributed by atoms with E-state index in [1.807, 2.05) is 31.2 Å². The third kappa shape index (κ3) is 4.89. The van der Waals surface area contributed by atoms with Gasteiger partial charge in [-0.1, -0.05) is 35.9 Å². The lowest BCUT2D eigenvalue weighted by Crippen LogP contribution is -2.32. The van der Waals surface area contributed by atoms with Crippen LogP contribution in [0.1, 0.15) is 16.8 Å². The Morgan fingerprint density at radius 3 is 2.59 bits per heavy atom. The maximum absolute atomic E-state index is 12.4. The van der Waals surface area contributed by atoms with Crippen LogP contribution in [0.5, 0.6) is 0 Å². The molecule has 0 radical (unpaired) electrons. The van der Waals surface area contributed by atoms with Gasteiger partial charge in [0, 0.05) is 31.4 Å². The number of allylic oxidation sites excluding steroid dienone is 2. The van der Waals surface area contributed by atoms with Crippen molar-refractivity contribution >= 4 is 5.57 Å². The lowest BCUT2D eigenvalue weighted by atomic mass is 10.1. The van der Waals surface area contributed by atoms with Gasteiger partial charge in [0.05, 0.1) is 5.69 Å². The normalized spacial score (nSPS) is 16.7. The molecule has 1 aromatic carbocycles. The van der Waals surface area contributed by atoms with Crippen molar-refractivity contribution in [1.29, 1.82) is 0 Å². The summed E-state index contributed by atoms with van der Waals surface area (Å²) in [6.45, 7) is -0.364. The molecule has 1 aliphatic rings. The maximum atomic E-state index is 12.4. The van der Waals surface area contributed by atoms with Crippen LogP contribution >= 0.6 is 0 Å². The lowest BCUT2D eigenvalue weighted by molar-refractivity contribution is -0.177. The van der Waals surface area contributed by atoms with Crippen LogP contribution in [0.25, 0.3) is 5.57 Å². The standard InChI is InChI=1S/C20H21F2N3O2/c1-14-3-5-15(6-4-14)11-12-25-18(26)9-8-17(23-25)16-7-10-19(24(2)13-16)27-20(21)22/h3-10,13,19-20H,11-12H2,1-2H3. The monoisotopic (exact) mass is 373 g/mol. The molecule has 142 valence electrons. The lowest BCUT2D eigenvalue weighted by Gasteiger charge is -2.27. The van der Waals surface area contributed by atoms with E-state index in [0.29, 0.717) is 18.7 Å². The summed E-state index contributed by atoms with van der Waals surface area (Å²) in [6, 6.07) is 11.2. The Balaban J connectivity index is 1.74. The first-order chi connectivity index (χ1) is 12.9. The molecule has 0 aliphatic carbocycles. The van der Waals surface area contributed by atoms with Gasteiger partial charge in [0.1, 0.15) is 0 Å². The largest absolute Gasteiger partial charge is 0.351 e. The first-order valence-corrected chi connectivity index (χ1v) is 8.62. The second-order valence-corrected chi connectivity index (χ2v) is 6.41. The van der Waals surface area contributed by atoms with E-state index in [1.165, 1.54) is 27.3 Å². The predicted octanol–water partition coefficient (Wildman–Crippen LogP) is 3.20. The summed E-state index contributed by atoms with van der Waals surface area (Å²) in [4.78, 5) is 13.6. The molecular formula is C20H21F2N3O2. The SMILES string of the molecule is Cc1ccc(CCn2nc(C3=CN(C)C(OC(F)F)C=C3)ccc2=O)cc1. The minimum atomic E-state index is -2.85. The first kappa shape index (κ1) is 19.0. The smallest absolute Gasteiger partial charge is 0.347 e. The van der Waals surface area contributed by atoms with Crippen LogP contribution in [0.3, 0.4) is 0 Å². The van der Waals surface area contributed by atoms with Crippen LogP contribution < -0.4 is 5.56 Å². The molecule has 2 aromatic rings. The second-order valence-electron chi connectivity index (χ2n) is 6.41. The number of ether oxygens (including phenoxy) is 1. The van der Waals surface area contributed by atoms with Crippen LogP contribution in [0.2, 0.25) is 0 Å². The van der Waals surface area contributed by atoms with E-state index < -0.39 is 12.8 Å². The average molecular weight is 373 g/mol. The summed E-state index contributed by atoms with van der Waals surface area (Å²) < 4.78 is 30.7. The van der Waals surface area contributed by atoms with Crippen LogP contribution in [0.15, 0.2) is 59.5 Å². The van der Waals surface area contributed by atoms with E-state index in [0.717, 1.165) is 11.1 Å². The Kier molecular flexibility index (Phi) is 5.81. The highest BCUT2D eigenvalue weighted by Gasteiger charge is 2.19. The Labute approximate surface area is 156 Å². The van der Waals surface area contributed by atoms with Crippen molar-refractivity contribution in [3.63, 3.8) is 0 Å². The van der Waals surface area contributed by atoms with Crippen LogP contribution in [0, 0.1) is 6.92 Å². The number of aryl methyl sites for hydroxylation is 3. The van der Waals surface area contributed by atoms with E-state index in [-0.39, 0.29) is 5.56 Å². The number of halogens is 2. The molecule has 1 aromatic heterocycles. The van der Waals surface area contributed by atoms with Crippen LogP contribution in [-0.4, -0.2) is 34.6 Å². The second kappa shape index (κ2) is 8.26. The van der Waals surface area contributed by atoms with Crippen molar-refractivity contribution in [3.8, 4) is 0 Å². The average Bonchev–Trinajstić information content (AvgIpc) is 2.64. The topological polar surface area (TPSA) is 47.4 Å². The molecule has 0 bridgehead atoms. The molecule has 0 fully saturated rings. The molecule has 3 rings (SSSR count). The highest BCUT2D eigenvalue weighted by Crippen LogP contribution is 2.21. The number of hydrogen-bond donors (Lipinski definition) is 0. The quantitative estimate of drug-likeness (QED) is 0.780. The zero-order valence-electron chi connectivity index (χ0n) is 15.2. The fourth-order valence-electron chi connectivity index (χ4n) is 2.81. The Bertz CT molecular complexity index is 904. The number of benzene rings is 1.